The third-order valence-corrected chi connectivity index (χ3v) is 3.26. The lowest BCUT2D eigenvalue weighted by atomic mass is 10.2. The molecule has 0 spiro atoms. The SMILES string of the molecule is CCNCC(COC)N1CCCN(C)CC1. The monoisotopic (exact) mass is 229 g/mol. The van der Waals surface area contributed by atoms with Gasteiger partial charge in [0.05, 0.1) is 6.61 Å². The molecule has 0 aromatic carbocycles. The first kappa shape index (κ1) is 13.9. The van der Waals surface area contributed by atoms with Crippen LogP contribution < -0.4 is 5.32 Å². The second-order valence-corrected chi connectivity index (χ2v) is 4.61. The molecular weight excluding hydrogens is 202 g/mol. The van der Waals surface area contributed by atoms with Crippen molar-refractivity contribution in [3.05, 3.63) is 0 Å². The van der Waals surface area contributed by atoms with Crippen molar-refractivity contribution in [3.8, 4) is 0 Å². The average molecular weight is 229 g/mol. The third-order valence-electron chi connectivity index (χ3n) is 3.26. The number of hydrogen-bond donors (Lipinski definition) is 1. The molecule has 1 aliphatic heterocycles. The molecule has 1 aliphatic rings. The molecule has 0 aliphatic carbocycles. The molecule has 0 saturated carbocycles. The van der Waals surface area contributed by atoms with Crippen LogP contribution in [-0.2, 0) is 4.74 Å². The van der Waals surface area contributed by atoms with Crippen molar-refractivity contribution in [2.45, 2.75) is 19.4 Å². The average Bonchev–Trinajstić information content (AvgIpc) is 2.49. The molecule has 1 atom stereocenters. The van der Waals surface area contributed by atoms with E-state index in [9.17, 15) is 0 Å². The molecule has 16 heavy (non-hydrogen) atoms. The number of rotatable bonds is 6. The molecule has 1 saturated heterocycles. The first-order valence-electron chi connectivity index (χ1n) is 6.40. The zero-order chi connectivity index (χ0) is 11.8. The fraction of sp³-hybridized carbons (Fsp3) is 1.00. The minimum atomic E-state index is 0.524. The summed E-state index contributed by atoms with van der Waals surface area (Å²) in [6, 6.07) is 0.524. The molecule has 1 N–H and O–H groups in total. The van der Waals surface area contributed by atoms with Crippen molar-refractivity contribution in [1.82, 2.24) is 15.1 Å². The van der Waals surface area contributed by atoms with Gasteiger partial charge in [-0.05, 0) is 33.1 Å². The summed E-state index contributed by atoms with van der Waals surface area (Å²) in [4.78, 5) is 4.98. The Labute approximate surface area is 99.9 Å². The second-order valence-electron chi connectivity index (χ2n) is 4.61. The van der Waals surface area contributed by atoms with Gasteiger partial charge in [-0.15, -0.1) is 0 Å². The van der Waals surface area contributed by atoms with Gasteiger partial charge in [0.1, 0.15) is 0 Å². The Morgan fingerprint density at radius 2 is 2.06 bits per heavy atom. The van der Waals surface area contributed by atoms with Crippen molar-refractivity contribution in [3.63, 3.8) is 0 Å². The Bertz CT molecular complexity index is 176. The van der Waals surface area contributed by atoms with Crippen LogP contribution in [0.25, 0.3) is 0 Å². The Balaban J connectivity index is 2.41. The fourth-order valence-corrected chi connectivity index (χ4v) is 2.23. The summed E-state index contributed by atoms with van der Waals surface area (Å²) in [6.07, 6.45) is 1.27. The lowest BCUT2D eigenvalue weighted by molar-refractivity contribution is 0.0919. The highest BCUT2D eigenvalue weighted by Gasteiger charge is 2.20. The lowest BCUT2D eigenvalue weighted by Gasteiger charge is -2.30. The summed E-state index contributed by atoms with van der Waals surface area (Å²) in [5.41, 5.74) is 0. The molecule has 1 fully saturated rings. The fourth-order valence-electron chi connectivity index (χ4n) is 2.23. The van der Waals surface area contributed by atoms with Gasteiger partial charge in [-0.2, -0.15) is 0 Å². The van der Waals surface area contributed by atoms with Gasteiger partial charge in [-0.25, -0.2) is 0 Å². The van der Waals surface area contributed by atoms with Crippen molar-refractivity contribution >= 4 is 0 Å². The van der Waals surface area contributed by atoms with Crippen molar-refractivity contribution in [2.75, 3.05) is 60.0 Å². The predicted molar refractivity (Wildman–Crippen MR) is 67.9 cm³/mol. The van der Waals surface area contributed by atoms with Crippen molar-refractivity contribution in [1.29, 1.82) is 0 Å². The van der Waals surface area contributed by atoms with E-state index in [1.807, 2.05) is 0 Å². The van der Waals surface area contributed by atoms with Crippen molar-refractivity contribution < 1.29 is 4.74 Å². The zero-order valence-electron chi connectivity index (χ0n) is 11.0. The summed E-state index contributed by atoms with van der Waals surface area (Å²) in [5.74, 6) is 0. The molecule has 0 aromatic rings. The smallest absolute Gasteiger partial charge is 0.0630 e. The first-order chi connectivity index (χ1) is 7.77. The zero-order valence-corrected chi connectivity index (χ0v) is 11.0. The molecule has 0 aromatic heterocycles. The van der Waals surface area contributed by atoms with E-state index >= 15 is 0 Å². The summed E-state index contributed by atoms with van der Waals surface area (Å²) >= 11 is 0. The van der Waals surface area contributed by atoms with Crippen LogP contribution in [-0.4, -0.2) is 75.9 Å². The number of methoxy groups -OCH3 is 1. The predicted octanol–water partition coefficient (Wildman–Crippen LogP) is 0.248. The van der Waals surface area contributed by atoms with Gasteiger partial charge in [0.15, 0.2) is 0 Å². The maximum atomic E-state index is 5.33. The number of ether oxygens (including phenoxy) is 1. The number of likely N-dealkylation sites (N-methyl/N-ethyl adjacent to an activating group) is 2. The Morgan fingerprint density at radius 3 is 2.75 bits per heavy atom. The minimum Gasteiger partial charge on any atom is -0.383 e. The molecular formula is C12H27N3O. The van der Waals surface area contributed by atoms with Crippen LogP contribution in [0.3, 0.4) is 0 Å². The minimum absolute atomic E-state index is 0.524. The molecule has 1 heterocycles. The summed E-state index contributed by atoms with van der Waals surface area (Å²) in [5, 5.41) is 3.43. The number of hydrogen-bond acceptors (Lipinski definition) is 4. The Morgan fingerprint density at radius 1 is 1.25 bits per heavy atom. The van der Waals surface area contributed by atoms with Gasteiger partial charge in [0.25, 0.3) is 0 Å². The maximum Gasteiger partial charge on any atom is 0.0630 e. The highest BCUT2D eigenvalue weighted by atomic mass is 16.5. The third kappa shape index (κ3) is 4.78. The van der Waals surface area contributed by atoms with Crippen molar-refractivity contribution in [2.24, 2.45) is 0 Å². The largest absolute Gasteiger partial charge is 0.383 e. The van der Waals surface area contributed by atoms with E-state index in [-0.39, 0.29) is 0 Å². The maximum absolute atomic E-state index is 5.33. The van der Waals surface area contributed by atoms with Crippen LogP contribution in [0.1, 0.15) is 13.3 Å². The second kappa shape index (κ2) is 8.01. The van der Waals surface area contributed by atoms with Crippen LogP contribution in [0.15, 0.2) is 0 Å². The summed E-state index contributed by atoms with van der Waals surface area (Å²) in [7, 11) is 4.00. The van der Waals surface area contributed by atoms with Crippen LogP contribution in [0.2, 0.25) is 0 Å². The molecule has 4 nitrogen and oxygen atoms in total. The normalized spacial score (nSPS) is 21.9. The Kier molecular flexibility index (Phi) is 6.96. The summed E-state index contributed by atoms with van der Waals surface area (Å²) < 4.78 is 5.33. The molecule has 4 heteroatoms. The van der Waals surface area contributed by atoms with Crippen LogP contribution in [0.4, 0.5) is 0 Å². The first-order valence-corrected chi connectivity index (χ1v) is 6.40. The molecule has 0 bridgehead atoms. The van der Waals surface area contributed by atoms with E-state index in [2.05, 4.69) is 29.1 Å². The molecule has 1 rings (SSSR count). The Hall–Kier alpha value is -0.160. The van der Waals surface area contributed by atoms with E-state index in [0.29, 0.717) is 6.04 Å². The summed E-state index contributed by atoms with van der Waals surface area (Å²) in [6.45, 7) is 9.81. The topological polar surface area (TPSA) is 27.7 Å². The van der Waals surface area contributed by atoms with Gasteiger partial charge in [-0.3, -0.25) is 4.90 Å². The highest BCUT2D eigenvalue weighted by molar-refractivity contribution is 4.77. The van der Waals surface area contributed by atoms with Gasteiger partial charge in [0, 0.05) is 32.8 Å². The van der Waals surface area contributed by atoms with Gasteiger partial charge >= 0.3 is 0 Å². The lowest BCUT2D eigenvalue weighted by Crippen LogP contribution is -2.46. The standard InChI is InChI=1S/C12H27N3O/c1-4-13-10-12(11-16-3)15-7-5-6-14(2)8-9-15/h12-13H,4-11H2,1-3H3. The van der Waals surface area contributed by atoms with E-state index in [1.54, 1.807) is 7.11 Å². The quantitative estimate of drug-likeness (QED) is 0.706. The van der Waals surface area contributed by atoms with Gasteiger partial charge in [0.2, 0.25) is 0 Å². The van der Waals surface area contributed by atoms with E-state index in [1.165, 1.54) is 26.1 Å². The molecule has 1 unspecified atom stereocenters. The van der Waals surface area contributed by atoms with Crippen LogP contribution >= 0.6 is 0 Å². The number of nitrogens with zero attached hydrogens (tertiary/aromatic N) is 2. The van der Waals surface area contributed by atoms with E-state index in [4.69, 9.17) is 4.74 Å². The van der Waals surface area contributed by atoms with Crippen LogP contribution in [0.5, 0.6) is 0 Å². The van der Waals surface area contributed by atoms with Gasteiger partial charge in [-0.1, -0.05) is 6.92 Å². The van der Waals surface area contributed by atoms with Gasteiger partial charge < -0.3 is 15.0 Å². The molecule has 0 amide bonds. The van der Waals surface area contributed by atoms with E-state index in [0.717, 1.165) is 26.2 Å². The molecule has 0 radical (unpaired) electrons. The highest BCUT2D eigenvalue weighted by Crippen LogP contribution is 2.06. The van der Waals surface area contributed by atoms with Crippen LogP contribution in [0, 0.1) is 0 Å². The molecule has 96 valence electrons. The number of nitrogens with one attached hydrogen (secondary N) is 1. The van der Waals surface area contributed by atoms with E-state index < -0.39 is 0 Å².